The Morgan fingerprint density at radius 1 is 1.64 bits per heavy atom. The normalized spacial score (nSPS) is 9.50. The van der Waals surface area contributed by atoms with E-state index in [2.05, 4.69) is 6.58 Å². The summed E-state index contributed by atoms with van der Waals surface area (Å²) in [4.78, 5) is 11.0. The van der Waals surface area contributed by atoms with Crippen LogP contribution in [0.15, 0.2) is 30.9 Å². The van der Waals surface area contributed by atoms with E-state index in [1.54, 1.807) is 18.2 Å². The zero-order chi connectivity index (χ0) is 10.6. The Kier molecular flexibility index (Phi) is 3.54. The monoisotopic (exact) mass is 211 g/mol. The fraction of sp³-hybridized carbons (Fsp3) is 0.100. The number of carbonyl (C=O) groups is 1. The highest BCUT2D eigenvalue weighted by molar-refractivity contribution is 6.30. The molecular weight excluding hydrogens is 202 g/mol. The van der Waals surface area contributed by atoms with Crippen molar-refractivity contribution >= 4 is 17.5 Å². The third-order valence-corrected chi connectivity index (χ3v) is 1.80. The zero-order valence-electron chi connectivity index (χ0n) is 7.50. The van der Waals surface area contributed by atoms with Gasteiger partial charge in [-0.05, 0) is 18.2 Å². The molecule has 0 bridgehead atoms. The summed E-state index contributed by atoms with van der Waals surface area (Å²) in [6, 6.07) is 4.66. The predicted molar refractivity (Wildman–Crippen MR) is 55.7 cm³/mol. The number of carbonyl (C=O) groups excluding carboxylic acids is 1. The van der Waals surface area contributed by atoms with Crippen LogP contribution >= 0.6 is 11.6 Å². The molecule has 1 rings (SSSR count). The van der Waals surface area contributed by atoms with E-state index in [0.29, 0.717) is 22.9 Å². The molecule has 0 aliphatic heterocycles. The van der Waals surface area contributed by atoms with Crippen molar-refractivity contribution in [3.8, 4) is 5.75 Å². The van der Waals surface area contributed by atoms with E-state index in [9.17, 15) is 4.79 Å². The average Bonchev–Trinajstić information content (AvgIpc) is 2.14. The summed E-state index contributed by atoms with van der Waals surface area (Å²) in [6.07, 6.45) is 1.58. The summed E-state index contributed by atoms with van der Waals surface area (Å²) in [7, 11) is 0. The zero-order valence-corrected chi connectivity index (χ0v) is 8.25. The summed E-state index contributed by atoms with van der Waals surface area (Å²) >= 11 is 5.74. The number of hydrogen-bond donors (Lipinski definition) is 1. The second-order valence-electron chi connectivity index (χ2n) is 2.60. The Labute approximate surface area is 87.1 Å². The summed E-state index contributed by atoms with van der Waals surface area (Å²) < 4.78 is 5.23. The second kappa shape index (κ2) is 4.67. The van der Waals surface area contributed by atoms with Crippen LogP contribution in [0.4, 0.5) is 0 Å². The van der Waals surface area contributed by atoms with Crippen LogP contribution < -0.4 is 10.5 Å². The van der Waals surface area contributed by atoms with Gasteiger partial charge in [-0.1, -0.05) is 24.3 Å². The molecule has 1 aromatic rings. The van der Waals surface area contributed by atoms with Gasteiger partial charge in [-0.2, -0.15) is 0 Å². The van der Waals surface area contributed by atoms with Gasteiger partial charge in [0.25, 0.3) is 5.91 Å². The number of rotatable bonds is 4. The molecule has 3 nitrogen and oxygen atoms in total. The Balaban J connectivity index is 3.02. The van der Waals surface area contributed by atoms with Gasteiger partial charge >= 0.3 is 0 Å². The van der Waals surface area contributed by atoms with Crippen molar-refractivity contribution in [2.24, 2.45) is 5.73 Å². The van der Waals surface area contributed by atoms with E-state index >= 15 is 0 Å². The minimum absolute atomic E-state index is 0.306. The Morgan fingerprint density at radius 3 is 2.93 bits per heavy atom. The molecule has 14 heavy (non-hydrogen) atoms. The number of hydrogen-bond acceptors (Lipinski definition) is 2. The Morgan fingerprint density at radius 2 is 2.36 bits per heavy atom. The van der Waals surface area contributed by atoms with Crippen LogP contribution in [0.1, 0.15) is 10.4 Å². The first-order valence-electron chi connectivity index (χ1n) is 3.98. The summed E-state index contributed by atoms with van der Waals surface area (Å²) in [6.45, 7) is 3.80. The molecule has 0 aliphatic carbocycles. The Hall–Kier alpha value is -1.48. The molecule has 74 valence electrons. The minimum atomic E-state index is -0.541. The largest absolute Gasteiger partial charge is 0.489 e. The van der Waals surface area contributed by atoms with Gasteiger partial charge in [0.1, 0.15) is 12.4 Å². The molecule has 0 atom stereocenters. The second-order valence-corrected chi connectivity index (χ2v) is 3.04. The van der Waals surface area contributed by atoms with Crippen molar-refractivity contribution in [2.45, 2.75) is 0 Å². The Bertz CT molecular complexity index is 363. The molecule has 0 aromatic heterocycles. The van der Waals surface area contributed by atoms with Crippen LogP contribution in [-0.2, 0) is 0 Å². The lowest BCUT2D eigenvalue weighted by molar-refractivity contribution is 0.0997. The predicted octanol–water partition coefficient (Wildman–Crippen LogP) is 2.00. The molecule has 0 spiro atoms. The van der Waals surface area contributed by atoms with Crippen LogP contribution in [0, 0.1) is 0 Å². The third-order valence-electron chi connectivity index (χ3n) is 1.57. The smallest absolute Gasteiger partial charge is 0.252 e. The van der Waals surface area contributed by atoms with E-state index in [0.717, 1.165) is 0 Å². The van der Waals surface area contributed by atoms with Crippen LogP contribution in [0.2, 0.25) is 5.02 Å². The summed E-state index contributed by atoms with van der Waals surface area (Å²) in [5, 5.41) is 0.495. The van der Waals surface area contributed by atoms with Crippen molar-refractivity contribution in [2.75, 3.05) is 6.61 Å². The maximum Gasteiger partial charge on any atom is 0.252 e. The molecule has 0 unspecified atom stereocenters. The van der Waals surface area contributed by atoms with Crippen LogP contribution in [0.5, 0.6) is 5.75 Å². The fourth-order valence-electron chi connectivity index (χ4n) is 0.968. The molecule has 0 saturated heterocycles. The highest BCUT2D eigenvalue weighted by Gasteiger charge is 2.09. The molecule has 2 N–H and O–H groups in total. The van der Waals surface area contributed by atoms with Gasteiger partial charge in [0.2, 0.25) is 0 Å². The summed E-state index contributed by atoms with van der Waals surface area (Å²) in [5.41, 5.74) is 5.46. The average molecular weight is 212 g/mol. The standard InChI is InChI=1S/C10H10ClNO2/c1-2-5-14-9-6-7(11)3-4-8(9)10(12)13/h2-4,6H,1,5H2,(H2,12,13). The molecule has 1 aromatic carbocycles. The number of primary amides is 1. The van der Waals surface area contributed by atoms with Crippen LogP contribution in [0.3, 0.4) is 0 Å². The van der Waals surface area contributed by atoms with Crippen molar-refractivity contribution in [3.63, 3.8) is 0 Å². The maximum atomic E-state index is 11.0. The molecular formula is C10H10ClNO2. The number of halogens is 1. The number of amides is 1. The lowest BCUT2D eigenvalue weighted by Crippen LogP contribution is -2.13. The molecule has 4 heteroatoms. The topological polar surface area (TPSA) is 52.3 Å². The molecule has 1 amide bonds. The van der Waals surface area contributed by atoms with Crippen molar-refractivity contribution in [3.05, 3.63) is 41.4 Å². The molecule has 0 aliphatic rings. The first kappa shape index (κ1) is 10.6. The van der Waals surface area contributed by atoms with E-state index in [1.807, 2.05) is 0 Å². The molecule has 0 fully saturated rings. The number of nitrogens with two attached hydrogens (primary N) is 1. The van der Waals surface area contributed by atoms with Gasteiger partial charge < -0.3 is 10.5 Å². The van der Waals surface area contributed by atoms with Crippen molar-refractivity contribution in [1.29, 1.82) is 0 Å². The lowest BCUT2D eigenvalue weighted by Gasteiger charge is -2.07. The number of benzene rings is 1. The quantitative estimate of drug-likeness (QED) is 0.775. The first-order valence-corrected chi connectivity index (χ1v) is 4.36. The fourth-order valence-corrected chi connectivity index (χ4v) is 1.13. The lowest BCUT2D eigenvalue weighted by atomic mass is 10.2. The third kappa shape index (κ3) is 2.50. The van der Waals surface area contributed by atoms with Gasteiger partial charge in [0, 0.05) is 5.02 Å². The minimum Gasteiger partial charge on any atom is -0.489 e. The van der Waals surface area contributed by atoms with Crippen LogP contribution in [-0.4, -0.2) is 12.5 Å². The van der Waals surface area contributed by atoms with Crippen molar-refractivity contribution < 1.29 is 9.53 Å². The van der Waals surface area contributed by atoms with E-state index in [4.69, 9.17) is 22.1 Å². The summed E-state index contributed by atoms with van der Waals surface area (Å²) in [5.74, 6) is -0.161. The van der Waals surface area contributed by atoms with Crippen molar-refractivity contribution in [1.82, 2.24) is 0 Å². The van der Waals surface area contributed by atoms with Gasteiger partial charge in [-0.15, -0.1) is 0 Å². The van der Waals surface area contributed by atoms with E-state index < -0.39 is 5.91 Å². The van der Waals surface area contributed by atoms with Crippen LogP contribution in [0.25, 0.3) is 0 Å². The first-order chi connectivity index (χ1) is 6.65. The highest BCUT2D eigenvalue weighted by Crippen LogP contribution is 2.22. The highest BCUT2D eigenvalue weighted by atomic mass is 35.5. The van der Waals surface area contributed by atoms with Gasteiger partial charge in [0.15, 0.2) is 0 Å². The SMILES string of the molecule is C=CCOc1cc(Cl)ccc1C(N)=O. The van der Waals surface area contributed by atoms with E-state index in [1.165, 1.54) is 6.07 Å². The molecule has 0 saturated carbocycles. The maximum absolute atomic E-state index is 11.0. The number of ether oxygens (including phenoxy) is 1. The van der Waals surface area contributed by atoms with Gasteiger partial charge in [-0.25, -0.2) is 0 Å². The van der Waals surface area contributed by atoms with E-state index in [-0.39, 0.29) is 0 Å². The molecule has 0 heterocycles. The van der Waals surface area contributed by atoms with Gasteiger partial charge in [-0.3, -0.25) is 4.79 Å². The molecule has 0 radical (unpaired) electrons. The van der Waals surface area contributed by atoms with Gasteiger partial charge in [0.05, 0.1) is 5.56 Å².